The van der Waals surface area contributed by atoms with Gasteiger partial charge < -0.3 is 10.4 Å². The molecule has 7 heteroatoms. The van der Waals surface area contributed by atoms with Gasteiger partial charge in [0.2, 0.25) is 5.95 Å². The molecular formula is C16H15F2N3O2. The van der Waals surface area contributed by atoms with E-state index in [0.29, 0.717) is 25.2 Å². The molecule has 1 aliphatic rings. The highest BCUT2D eigenvalue weighted by Gasteiger charge is 2.24. The van der Waals surface area contributed by atoms with E-state index < -0.39 is 17.6 Å². The molecule has 0 aliphatic heterocycles. The molecule has 0 atom stereocenters. The fraction of sp³-hybridized carbons (Fsp3) is 0.312. The third-order valence-corrected chi connectivity index (χ3v) is 3.84. The van der Waals surface area contributed by atoms with Crippen LogP contribution in [0.15, 0.2) is 24.5 Å². The lowest BCUT2D eigenvalue weighted by atomic mass is 10.1. The van der Waals surface area contributed by atoms with E-state index in [1.807, 2.05) is 0 Å². The second-order valence-corrected chi connectivity index (χ2v) is 5.59. The van der Waals surface area contributed by atoms with Crippen LogP contribution in [0.5, 0.6) is 0 Å². The summed E-state index contributed by atoms with van der Waals surface area (Å²) in [4.78, 5) is 18.8. The van der Waals surface area contributed by atoms with E-state index in [-0.39, 0.29) is 12.5 Å². The van der Waals surface area contributed by atoms with Crippen LogP contribution in [-0.4, -0.2) is 27.1 Å². The Kier molecular flexibility index (Phi) is 4.18. The highest BCUT2D eigenvalue weighted by atomic mass is 19.2. The number of fused-ring (bicyclic) bond motifs is 1. The number of carbonyl (C=O) groups is 1. The van der Waals surface area contributed by atoms with E-state index in [2.05, 4.69) is 15.3 Å². The third-order valence-electron chi connectivity index (χ3n) is 3.84. The van der Waals surface area contributed by atoms with Crippen molar-refractivity contribution in [2.75, 3.05) is 5.32 Å². The summed E-state index contributed by atoms with van der Waals surface area (Å²) in [5.74, 6) is -2.11. The summed E-state index contributed by atoms with van der Waals surface area (Å²) in [7, 11) is 0. The van der Waals surface area contributed by atoms with Crippen LogP contribution in [0.1, 0.15) is 23.1 Å². The molecule has 0 bridgehead atoms. The van der Waals surface area contributed by atoms with Gasteiger partial charge in [0.05, 0.1) is 0 Å². The van der Waals surface area contributed by atoms with E-state index in [0.717, 1.165) is 16.7 Å². The van der Waals surface area contributed by atoms with Crippen molar-refractivity contribution in [2.24, 2.45) is 0 Å². The van der Waals surface area contributed by atoms with Crippen LogP contribution in [0.4, 0.5) is 14.7 Å². The van der Waals surface area contributed by atoms with Crippen LogP contribution < -0.4 is 5.32 Å². The molecule has 0 spiro atoms. The first-order valence-electron chi connectivity index (χ1n) is 7.27. The number of benzene rings is 1. The molecule has 2 N–H and O–H groups in total. The van der Waals surface area contributed by atoms with Crippen LogP contribution in [0.2, 0.25) is 0 Å². The van der Waals surface area contributed by atoms with Gasteiger partial charge in [-0.25, -0.2) is 18.7 Å². The van der Waals surface area contributed by atoms with Gasteiger partial charge in [0.15, 0.2) is 11.6 Å². The lowest BCUT2D eigenvalue weighted by Crippen LogP contribution is -2.21. The Bertz CT molecular complexity index is 704. The van der Waals surface area contributed by atoms with E-state index >= 15 is 0 Å². The van der Waals surface area contributed by atoms with Crippen molar-refractivity contribution < 1.29 is 18.7 Å². The Morgan fingerprint density at radius 2 is 1.74 bits per heavy atom. The first-order valence-corrected chi connectivity index (χ1v) is 7.27. The molecule has 1 aliphatic carbocycles. The summed E-state index contributed by atoms with van der Waals surface area (Å²) in [6.45, 7) is 0. The Morgan fingerprint density at radius 1 is 1.17 bits per heavy atom. The number of carboxylic acids is 1. The maximum atomic E-state index is 13.2. The third kappa shape index (κ3) is 3.61. The summed E-state index contributed by atoms with van der Waals surface area (Å²) < 4.78 is 26.5. The number of anilines is 1. The van der Waals surface area contributed by atoms with Gasteiger partial charge in [0.1, 0.15) is 0 Å². The molecule has 0 saturated heterocycles. The largest absolute Gasteiger partial charge is 0.481 e. The monoisotopic (exact) mass is 319 g/mol. The number of aliphatic carboxylic acids is 1. The second kappa shape index (κ2) is 6.28. The van der Waals surface area contributed by atoms with Crippen molar-refractivity contribution in [3.63, 3.8) is 0 Å². The number of carboxylic acid groups (broad SMARTS) is 1. The van der Waals surface area contributed by atoms with Crippen molar-refractivity contribution in [1.29, 1.82) is 0 Å². The van der Waals surface area contributed by atoms with Crippen molar-refractivity contribution in [3.05, 3.63) is 52.9 Å². The summed E-state index contributed by atoms with van der Waals surface area (Å²) in [5.41, 5.74) is 2.33. The number of nitrogens with zero attached hydrogens (tertiary/aromatic N) is 2. The number of hydrogen-bond donors (Lipinski definition) is 2. The number of hydrogen-bond acceptors (Lipinski definition) is 4. The average Bonchev–Trinajstić information content (AvgIpc) is 2.88. The summed E-state index contributed by atoms with van der Waals surface area (Å²) in [5, 5.41) is 11.8. The molecule has 120 valence electrons. The number of aryl methyl sites for hydroxylation is 1. The molecule has 2 aromatic rings. The zero-order valence-electron chi connectivity index (χ0n) is 12.2. The van der Waals surface area contributed by atoms with Crippen molar-refractivity contribution in [3.8, 4) is 0 Å². The minimum absolute atomic E-state index is 0.0175. The molecule has 0 saturated carbocycles. The molecule has 0 radical (unpaired) electrons. The number of aromatic nitrogens is 2. The topological polar surface area (TPSA) is 75.1 Å². The molecule has 0 amide bonds. The maximum absolute atomic E-state index is 13.2. The van der Waals surface area contributed by atoms with Gasteiger partial charge in [-0.2, -0.15) is 0 Å². The van der Waals surface area contributed by atoms with Crippen LogP contribution in [0.3, 0.4) is 0 Å². The minimum atomic E-state index is -0.865. The first kappa shape index (κ1) is 15.3. The molecule has 5 nitrogen and oxygen atoms in total. The van der Waals surface area contributed by atoms with Crippen molar-refractivity contribution in [2.45, 2.75) is 31.7 Å². The first-order chi connectivity index (χ1) is 11.0. The highest BCUT2D eigenvalue weighted by molar-refractivity contribution is 5.67. The smallest absolute Gasteiger partial charge is 0.303 e. The van der Waals surface area contributed by atoms with Gasteiger partial charge in [0, 0.05) is 24.9 Å². The lowest BCUT2D eigenvalue weighted by Gasteiger charge is -2.11. The van der Waals surface area contributed by atoms with Crippen LogP contribution in [0.25, 0.3) is 0 Å². The van der Waals surface area contributed by atoms with Crippen LogP contribution >= 0.6 is 0 Å². The van der Waals surface area contributed by atoms with Crippen LogP contribution in [-0.2, 0) is 24.1 Å². The predicted molar refractivity (Wildman–Crippen MR) is 79.2 cm³/mol. The van der Waals surface area contributed by atoms with E-state index in [4.69, 9.17) is 5.11 Å². The quantitative estimate of drug-likeness (QED) is 0.885. The number of nitrogens with one attached hydrogen (secondary N) is 1. The van der Waals surface area contributed by atoms with Gasteiger partial charge >= 0.3 is 5.97 Å². The Hall–Kier alpha value is -2.57. The van der Waals surface area contributed by atoms with Gasteiger partial charge in [-0.1, -0.05) is 0 Å². The molecule has 23 heavy (non-hydrogen) atoms. The maximum Gasteiger partial charge on any atom is 0.303 e. The normalized spacial score (nSPS) is 13.8. The summed E-state index contributed by atoms with van der Waals surface area (Å²) in [6, 6.07) is 2.46. The standard InChI is InChI=1S/C16H15F2N3O2/c17-13-5-10-3-12(4-11(10)6-14(13)18)21-16-19-7-9(8-20-16)1-2-15(22)23/h5-8,12H,1-4H2,(H,22,23)(H,19,20,21). The van der Waals surface area contributed by atoms with Gasteiger partial charge in [-0.15, -0.1) is 0 Å². The molecular weight excluding hydrogens is 304 g/mol. The SMILES string of the molecule is O=C(O)CCc1cnc(NC2Cc3cc(F)c(F)cc3C2)nc1. The molecule has 1 aromatic carbocycles. The van der Waals surface area contributed by atoms with Crippen molar-refractivity contribution in [1.82, 2.24) is 9.97 Å². The fourth-order valence-corrected chi connectivity index (χ4v) is 2.71. The average molecular weight is 319 g/mol. The summed E-state index contributed by atoms with van der Waals surface area (Å²) in [6.07, 6.45) is 4.74. The number of rotatable bonds is 5. The van der Waals surface area contributed by atoms with E-state index in [1.54, 1.807) is 12.4 Å². The Morgan fingerprint density at radius 3 is 2.26 bits per heavy atom. The van der Waals surface area contributed by atoms with Gasteiger partial charge in [-0.3, -0.25) is 4.79 Å². The molecule has 0 unspecified atom stereocenters. The number of halogens is 2. The molecule has 0 fully saturated rings. The van der Waals surface area contributed by atoms with Gasteiger partial charge in [-0.05, 0) is 48.1 Å². The zero-order valence-corrected chi connectivity index (χ0v) is 12.2. The van der Waals surface area contributed by atoms with E-state index in [9.17, 15) is 13.6 Å². The minimum Gasteiger partial charge on any atom is -0.481 e. The summed E-state index contributed by atoms with van der Waals surface area (Å²) >= 11 is 0. The predicted octanol–water partition coefficient (Wildman–Crippen LogP) is 2.35. The zero-order chi connectivity index (χ0) is 16.4. The van der Waals surface area contributed by atoms with Crippen molar-refractivity contribution >= 4 is 11.9 Å². The second-order valence-electron chi connectivity index (χ2n) is 5.59. The highest BCUT2D eigenvalue weighted by Crippen LogP contribution is 2.26. The lowest BCUT2D eigenvalue weighted by molar-refractivity contribution is -0.136. The van der Waals surface area contributed by atoms with E-state index in [1.165, 1.54) is 12.1 Å². The van der Waals surface area contributed by atoms with Crippen LogP contribution in [0, 0.1) is 11.6 Å². The Labute approximate surface area is 131 Å². The molecule has 1 aromatic heterocycles. The molecule has 3 rings (SSSR count). The Balaban J connectivity index is 1.61. The van der Waals surface area contributed by atoms with Gasteiger partial charge in [0.25, 0.3) is 0 Å². The fourth-order valence-electron chi connectivity index (χ4n) is 2.71. The molecule has 1 heterocycles.